The van der Waals surface area contributed by atoms with Crippen LogP contribution in [0.2, 0.25) is 0 Å². The largest absolute Gasteiger partial charge is 0.452 e. The molecular weight excluding hydrogens is 266 g/mol. The number of nitrogens with one attached hydrogen (secondary N) is 1. The topological polar surface area (TPSA) is 55.4 Å². The van der Waals surface area contributed by atoms with Crippen molar-refractivity contribution in [3.8, 4) is 0 Å². The van der Waals surface area contributed by atoms with E-state index >= 15 is 0 Å². The fourth-order valence-corrected chi connectivity index (χ4v) is 4.99. The zero-order chi connectivity index (χ0) is 14.9. The van der Waals surface area contributed by atoms with E-state index < -0.39 is 5.97 Å². The molecule has 0 saturated heterocycles. The highest BCUT2D eigenvalue weighted by Crippen LogP contribution is 2.55. The minimum Gasteiger partial charge on any atom is -0.452 e. The molecule has 4 saturated carbocycles. The Morgan fingerprint density at radius 2 is 1.71 bits per heavy atom. The Morgan fingerprint density at radius 3 is 2.24 bits per heavy atom. The summed E-state index contributed by atoms with van der Waals surface area (Å²) in [7, 11) is 0. The number of carbonyl (C=O) groups is 2. The normalized spacial score (nSPS) is 36.9. The molecule has 0 aromatic heterocycles. The van der Waals surface area contributed by atoms with Gasteiger partial charge in [0, 0.05) is 11.6 Å². The molecule has 0 atom stereocenters. The van der Waals surface area contributed by atoms with Gasteiger partial charge in [0.1, 0.15) is 0 Å². The molecular formula is C17H25NO3. The molecule has 21 heavy (non-hydrogen) atoms. The van der Waals surface area contributed by atoms with E-state index in [9.17, 15) is 9.59 Å². The van der Waals surface area contributed by atoms with Crippen molar-refractivity contribution in [2.45, 2.75) is 57.4 Å². The lowest BCUT2D eigenvalue weighted by Gasteiger charge is -2.56. The van der Waals surface area contributed by atoms with Crippen molar-refractivity contribution in [1.29, 1.82) is 0 Å². The van der Waals surface area contributed by atoms with Gasteiger partial charge >= 0.3 is 5.97 Å². The van der Waals surface area contributed by atoms with Gasteiger partial charge in [-0.05, 0) is 62.7 Å². The molecule has 4 aliphatic rings. The first kappa shape index (κ1) is 14.6. The van der Waals surface area contributed by atoms with Crippen molar-refractivity contribution in [3.05, 3.63) is 12.2 Å². The van der Waals surface area contributed by atoms with Crippen LogP contribution in [0.25, 0.3) is 0 Å². The average molecular weight is 291 g/mol. The summed E-state index contributed by atoms with van der Waals surface area (Å²) in [4.78, 5) is 23.5. The molecule has 1 amide bonds. The Bertz CT molecular complexity index is 420. The lowest BCUT2D eigenvalue weighted by Crippen LogP contribution is -2.60. The number of esters is 1. The predicted molar refractivity (Wildman–Crippen MR) is 79.4 cm³/mol. The average Bonchev–Trinajstić information content (AvgIpc) is 2.40. The summed E-state index contributed by atoms with van der Waals surface area (Å²) < 4.78 is 4.98. The van der Waals surface area contributed by atoms with E-state index in [0.29, 0.717) is 0 Å². The van der Waals surface area contributed by atoms with Gasteiger partial charge in [-0.3, -0.25) is 4.79 Å². The first-order valence-electron chi connectivity index (χ1n) is 8.23. The fourth-order valence-electron chi connectivity index (χ4n) is 4.99. The van der Waals surface area contributed by atoms with E-state index in [0.717, 1.165) is 43.4 Å². The second kappa shape index (κ2) is 5.82. The lowest BCUT2D eigenvalue weighted by molar-refractivity contribution is -0.145. The molecule has 4 aliphatic carbocycles. The van der Waals surface area contributed by atoms with Crippen molar-refractivity contribution in [2.24, 2.45) is 17.8 Å². The van der Waals surface area contributed by atoms with Crippen LogP contribution in [0, 0.1) is 17.8 Å². The third kappa shape index (κ3) is 3.30. The first-order chi connectivity index (χ1) is 10.1. The van der Waals surface area contributed by atoms with Crippen LogP contribution in [0.4, 0.5) is 0 Å². The molecule has 116 valence electrons. The number of hydrogen-bond acceptors (Lipinski definition) is 3. The quantitative estimate of drug-likeness (QED) is 0.625. The molecule has 4 nitrogen and oxygen atoms in total. The zero-order valence-corrected chi connectivity index (χ0v) is 12.8. The molecule has 0 aromatic carbocycles. The molecule has 0 unspecified atom stereocenters. The van der Waals surface area contributed by atoms with Gasteiger partial charge in [-0.1, -0.05) is 13.0 Å². The first-order valence-corrected chi connectivity index (χ1v) is 8.23. The SMILES string of the molecule is CC/C=C/C(=O)OCC(=O)NC12CC3CC(CC(C3)C1)C2. The van der Waals surface area contributed by atoms with Crippen LogP contribution in [-0.4, -0.2) is 24.0 Å². The van der Waals surface area contributed by atoms with Crippen molar-refractivity contribution >= 4 is 11.9 Å². The van der Waals surface area contributed by atoms with Crippen LogP contribution >= 0.6 is 0 Å². The highest BCUT2D eigenvalue weighted by molar-refractivity contribution is 5.85. The van der Waals surface area contributed by atoms with Crippen LogP contribution in [0.15, 0.2) is 12.2 Å². The Morgan fingerprint density at radius 1 is 1.14 bits per heavy atom. The number of rotatable bonds is 5. The second-order valence-electron chi connectivity index (χ2n) is 7.16. The maximum absolute atomic E-state index is 12.1. The summed E-state index contributed by atoms with van der Waals surface area (Å²) in [6, 6.07) is 0. The van der Waals surface area contributed by atoms with Gasteiger partial charge in [0.2, 0.25) is 0 Å². The molecule has 0 heterocycles. The predicted octanol–water partition coefficient (Wildman–Crippen LogP) is 2.58. The van der Waals surface area contributed by atoms with Crippen molar-refractivity contribution in [1.82, 2.24) is 5.32 Å². The molecule has 4 bridgehead atoms. The van der Waals surface area contributed by atoms with Crippen LogP contribution in [0.3, 0.4) is 0 Å². The number of allylic oxidation sites excluding steroid dienone is 1. The monoisotopic (exact) mass is 291 g/mol. The Hall–Kier alpha value is -1.32. The zero-order valence-electron chi connectivity index (χ0n) is 12.8. The van der Waals surface area contributed by atoms with E-state index in [1.54, 1.807) is 6.08 Å². The third-order valence-electron chi connectivity index (χ3n) is 5.28. The number of carbonyl (C=O) groups excluding carboxylic acids is 2. The van der Waals surface area contributed by atoms with Crippen LogP contribution < -0.4 is 5.32 Å². The van der Waals surface area contributed by atoms with Gasteiger partial charge in [0.05, 0.1) is 0 Å². The van der Waals surface area contributed by atoms with Gasteiger partial charge in [-0.15, -0.1) is 0 Å². The summed E-state index contributed by atoms with van der Waals surface area (Å²) in [5, 5.41) is 3.20. The molecule has 0 aromatic rings. The Kier molecular flexibility index (Phi) is 4.05. The molecule has 0 radical (unpaired) electrons. The summed E-state index contributed by atoms with van der Waals surface area (Å²) in [6.45, 7) is 1.79. The summed E-state index contributed by atoms with van der Waals surface area (Å²) in [5.41, 5.74) is -0.00248. The number of amides is 1. The van der Waals surface area contributed by atoms with Crippen molar-refractivity contribution in [3.63, 3.8) is 0 Å². The molecule has 4 heteroatoms. The van der Waals surface area contributed by atoms with Crippen LogP contribution in [0.1, 0.15) is 51.9 Å². The Labute approximate surface area is 126 Å². The number of ether oxygens (including phenoxy) is 1. The maximum Gasteiger partial charge on any atom is 0.330 e. The van der Waals surface area contributed by atoms with Gasteiger partial charge in [0.25, 0.3) is 5.91 Å². The lowest BCUT2D eigenvalue weighted by atomic mass is 9.53. The van der Waals surface area contributed by atoms with E-state index in [2.05, 4.69) is 5.32 Å². The van der Waals surface area contributed by atoms with Gasteiger partial charge in [-0.2, -0.15) is 0 Å². The highest BCUT2D eigenvalue weighted by Gasteiger charge is 2.51. The van der Waals surface area contributed by atoms with Crippen LogP contribution in [0.5, 0.6) is 0 Å². The molecule has 1 N–H and O–H groups in total. The number of hydrogen-bond donors (Lipinski definition) is 1. The third-order valence-corrected chi connectivity index (χ3v) is 5.28. The van der Waals surface area contributed by atoms with Crippen LogP contribution in [-0.2, 0) is 14.3 Å². The molecule has 0 aliphatic heterocycles. The molecule has 0 spiro atoms. The minimum absolute atomic E-state index is 0.00248. The smallest absolute Gasteiger partial charge is 0.330 e. The summed E-state index contributed by atoms with van der Waals surface area (Å²) in [6.07, 6.45) is 11.3. The van der Waals surface area contributed by atoms with E-state index in [-0.39, 0.29) is 18.1 Å². The molecule has 4 rings (SSSR count). The minimum atomic E-state index is -0.433. The van der Waals surface area contributed by atoms with E-state index in [4.69, 9.17) is 4.74 Å². The van der Waals surface area contributed by atoms with Gasteiger partial charge < -0.3 is 10.1 Å². The van der Waals surface area contributed by atoms with Crippen molar-refractivity contribution < 1.29 is 14.3 Å². The van der Waals surface area contributed by atoms with Gasteiger partial charge in [0.15, 0.2) is 6.61 Å². The molecule has 4 fully saturated rings. The highest BCUT2D eigenvalue weighted by atomic mass is 16.5. The van der Waals surface area contributed by atoms with E-state index in [1.807, 2.05) is 6.92 Å². The summed E-state index contributed by atoms with van der Waals surface area (Å²) in [5.74, 6) is 1.82. The summed E-state index contributed by atoms with van der Waals surface area (Å²) >= 11 is 0. The standard InChI is InChI=1S/C17H25NO3/c1-2-3-4-16(20)21-11-15(19)18-17-8-12-5-13(9-17)7-14(6-12)10-17/h3-4,12-14H,2,5-11H2,1H3,(H,18,19)/b4-3+. The fraction of sp³-hybridized carbons (Fsp3) is 0.765. The maximum atomic E-state index is 12.1. The van der Waals surface area contributed by atoms with E-state index in [1.165, 1.54) is 25.3 Å². The Balaban J connectivity index is 1.51. The van der Waals surface area contributed by atoms with Crippen molar-refractivity contribution in [2.75, 3.05) is 6.61 Å². The second-order valence-corrected chi connectivity index (χ2v) is 7.16. The van der Waals surface area contributed by atoms with Gasteiger partial charge in [-0.25, -0.2) is 4.79 Å².